The second-order valence-corrected chi connectivity index (χ2v) is 5.20. The highest BCUT2D eigenvalue weighted by atomic mass is 16.5. The molecule has 0 aliphatic carbocycles. The first-order valence-corrected chi connectivity index (χ1v) is 7.60. The summed E-state index contributed by atoms with van der Waals surface area (Å²) in [7, 11) is 1.72. The molecule has 0 saturated carbocycles. The van der Waals surface area contributed by atoms with Gasteiger partial charge in [-0.3, -0.25) is 0 Å². The van der Waals surface area contributed by atoms with Gasteiger partial charge in [0.2, 0.25) is 0 Å². The van der Waals surface area contributed by atoms with Gasteiger partial charge in [0.25, 0.3) is 0 Å². The molecule has 1 aromatic heterocycles. The number of nitrogens with zero attached hydrogens (tertiary/aromatic N) is 2. The number of aromatic nitrogens is 2. The summed E-state index contributed by atoms with van der Waals surface area (Å²) in [6, 6.07) is 6.34. The standard InChI is InChI=1S/C17H25N3O/c1-5-9-18-16(17-19-10-11-20(17)6-2)14-12-13(3)7-8-15(14)21-4/h7-8,10-12,16,18H,5-6,9H2,1-4H3. The van der Waals surface area contributed by atoms with Crippen molar-refractivity contribution in [1.29, 1.82) is 0 Å². The first-order valence-electron chi connectivity index (χ1n) is 7.60. The number of rotatable bonds is 7. The van der Waals surface area contributed by atoms with Gasteiger partial charge in [-0.05, 0) is 32.9 Å². The van der Waals surface area contributed by atoms with Crippen molar-refractivity contribution in [2.24, 2.45) is 0 Å². The molecule has 0 aliphatic heterocycles. The lowest BCUT2D eigenvalue weighted by Crippen LogP contribution is -2.26. The van der Waals surface area contributed by atoms with Crippen LogP contribution in [0.2, 0.25) is 0 Å². The van der Waals surface area contributed by atoms with Crippen LogP contribution in [-0.2, 0) is 6.54 Å². The number of methoxy groups -OCH3 is 1. The highest BCUT2D eigenvalue weighted by molar-refractivity contribution is 5.41. The zero-order valence-electron chi connectivity index (χ0n) is 13.4. The van der Waals surface area contributed by atoms with E-state index in [9.17, 15) is 0 Å². The third-order valence-corrected chi connectivity index (χ3v) is 3.64. The summed E-state index contributed by atoms with van der Waals surface area (Å²) in [5.41, 5.74) is 2.37. The maximum absolute atomic E-state index is 5.56. The Hall–Kier alpha value is -1.81. The fourth-order valence-corrected chi connectivity index (χ4v) is 2.56. The van der Waals surface area contributed by atoms with E-state index in [1.54, 1.807) is 7.11 Å². The molecule has 2 aromatic rings. The lowest BCUT2D eigenvalue weighted by atomic mass is 10.0. The molecular weight excluding hydrogens is 262 g/mol. The number of hydrogen-bond acceptors (Lipinski definition) is 3. The third kappa shape index (κ3) is 3.45. The van der Waals surface area contributed by atoms with Gasteiger partial charge in [-0.1, -0.05) is 24.6 Å². The molecule has 0 bridgehead atoms. The molecule has 1 unspecified atom stereocenters. The molecule has 21 heavy (non-hydrogen) atoms. The van der Waals surface area contributed by atoms with Crippen LogP contribution in [0, 0.1) is 6.92 Å². The van der Waals surface area contributed by atoms with E-state index in [0.29, 0.717) is 0 Å². The number of nitrogens with one attached hydrogen (secondary N) is 1. The molecular formula is C17H25N3O. The zero-order chi connectivity index (χ0) is 15.2. The van der Waals surface area contributed by atoms with Crippen molar-refractivity contribution in [1.82, 2.24) is 14.9 Å². The summed E-state index contributed by atoms with van der Waals surface area (Å²) in [5.74, 6) is 1.94. The normalized spacial score (nSPS) is 12.4. The molecule has 0 amide bonds. The minimum absolute atomic E-state index is 0.0507. The Morgan fingerprint density at radius 3 is 2.81 bits per heavy atom. The minimum Gasteiger partial charge on any atom is -0.496 e. The monoisotopic (exact) mass is 287 g/mol. The molecule has 4 heteroatoms. The van der Waals surface area contributed by atoms with E-state index in [4.69, 9.17) is 4.74 Å². The predicted molar refractivity (Wildman–Crippen MR) is 85.8 cm³/mol. The summed E-state index contributed by atoms with van der Waals surface area (Å²) in [4.78, 5) is 4.57. The quantitative estimate of drug-likeness (QED) is 0.849. The number of imidazole rings is 1. The first kappa shape index (κ1) is 15.6. The average Bonchev–Trinajstić information content (AvgIpc) is 2.96. The van der Waals surface area contributed by atoms with Crippen molar-refractivity contribution in [2.75, 3.05) is 13.7 Å². The van der Waals surface area contributed by atoms with Crippen LogP contribution in [0.25, 0.3) is 0 Å². The Kier molecular flexibility index (Phi) is 5.39. The largest absolute Gasteiger partial charge is 0.496 e. The molecule has 0 saturated heterocycles. The molecule has 0 aliphatic rings. The van der Waals surface area contributed by atoms with E-state index in [1.165, 1.54) is 5.56 Å². The first-order chi connectivity index (χ1) is 10.2. The summed E-state index contributed by atoms with van der Waals surface area (Å²) in [5, 5.41) is 3.60. The fraction of sp³-hybridized carbons (Fsp3) is 0.471. The van der Waals surface area contributed by atoms with Crippen LogP contribution in [-0.4, -0.2) is 23.2 Å². The number of aryl methyl sites for hydroxylation is 2. The van der Waals surface area contributed by atoms with Crippen LogP contribution in [0.3, 0.4) is 0 Å². The summed E-state index contributed by atoms with van der Waals surface area (Å²) in [6.45, 7) is 8.26. The minimum atomic E-state index is 0.0507. The third-order valence-electron chi connectivity index (χ3n) is 3.64. The van der Waals surface area contributed by atoms with Gasteiger partial charge in [-0.2, -0.15) is 0 Å². The fourth-order valence-electron chi connectivity index (χ4n) is 2.56. The van der Waals surface area contributed by atoms with Crippen LogP contribution in [0.1, 0.15) is 43.3 Å². The zero-order valence-corrected chi connectivity index (χ0v) is 13.4. The van der Waals surface area contributed by atoms with Gasteiger partial charge in [-0.25, -0.2) is 4.98 Å². The Bertz CT molecular complexity index is 577. The number of ether oxygens (including phenoxy) is 1. The molecule has 0 radical (unpaired) electrons. The average molecular weight is 287 g/mol. The summed E-state index contributed by atoms with van der Waals surface area (Å²) >= 11 is 0. The molecule has 4 nitrogen and oxygen atoms in total. The van der Waals surface area contributed by atoms with Gasteiger partial charge in [-0.15, -0.1) is 0 Å². The Morgan fingerprint density at radius 2 is 2.14 bits per heavy atom. The summed E-state index contributed by atoms with van der Waals surface area (Å²) < 4.78 is 7.73. The number of benzene rings is 1. The maximum Gasteiger partial charge on any atom is 0.130 e. The van der Waals surface area contributed by atoms with Crippen LogP contribution in [0.4, 0.5) is 0 Å². The Balaban J connectivity index is 2.47. The van der Waals surface area contributed by atoms with E-state index in [0.717, 1.165) is 36.6 Å². The smallest absolute Gasteiger partial charge is 0.130 e. The van der Waals surface area contributed by atoms with E-state index in [1.807, 2.05) is 18.5 Å². The van der Waals surface area contributed by atoms with Crippen LogP contribution in [0.5, 0.6) is 5.75 Å². The van der Waals surface area contributed by atoms with Gasteiger partial charge in [0, 0.05) is 24.5 Å². The SMILES string of the molecule is CCCNC(c1cc(C)ccc1OC)c1nccn1CC. The molecule has 0 spiro atoms. The topological polar surface area (TPSA) is 39.1 Å². The van der Waals surface area contributed by atoms with Gasteiger partial charge in [0.15, 0.2) is 0 Å². The van der Waals surface area contributed by atoms with Gasteiger partial charge in [0.1, 0.15) is 11.6 Å². The molecule has 2 rings (SSSR count). The van der Waals surface area contributed by atoms with Crippen LogP contribution in [0.15, 0.2) is 30.6 Å². The molecule has 0 fully saturated rings. The van der Waals surface area contributed by atoms with E-state index < -0.39 is 0 Å². The molecule has 1 aromatic carbocycles. The van der Waals surface area contributed by atoms with Crippen molar-refractivity contribution >= 4 is 0 Å². The van der Waals surface area contributed by atoms with Crippen LogP contribution < -0.4 is 10.1 Å². The highest BCUT2D eigenvalue weighted by Crippen LogP contribution is 2.30. The van der Waals surface area contributed by atoms with Gasteiger partial charge in [0.05, 0.1) is 13.2 Å². The van der Waals surface area contributed by atoms with Gasteiger partial charge >= 0.3 is 0 Å². The van der Waals surface area contributed by atoms with Gasteiger partial charge < -0.3 is 14.6 Å². The van der Waals surface area contributed by atoms with Crippen molar-refractivity contribution in [3.05, 3.63) is 47.5 Å². The molecule has 1 heterocycles. The predicted octanol–water partition coefficient (Wildman–Crippen LogP) is 3.31. The highest BCUT2D eigenvalue weighted by Gasteiger charge is 2.21. The van der Waals surface area contributed by atoms with Crippen molar-refractivity contribution in [3.8, 4) is 5.75 Å². The number of hydrogen-bond donors (Lipinski definition) is 1. The maximum atomic E-state index is 5.56. The van der Waals surface area contributed by atoms with E-state index in [-0.39, 0.29) is 6.04 Å². The van der Waals surface area contributed by atoms with Crippen molar-refractivity contribution < 1.29 is 4.74 Å². The van der Waals surface area contributed by atoms with E-state index >= 15 is 0 Å². The summed E-state index contributed by atoms with van der Waals surface area (Å²) in [6.07, 6.45) is 4.97. The molecule has 1 atom stereocenters. The lowest BCUT2D eigenvalue weighted by Gasteiger charge is -2.22. The molecule has 114 valence electrons. The second kappa shape index (κ2) is 7.27. The second-order valence-electron chi connectivity index (χ2n) is 5.20. The van der Waals surface area contributed by atoms with Crippen molar-refractivity contribution in [2.45, 2.75) is 39.8 Å². The van der Waals surface area contributed by atoms with Crippen LogP contribution >= 0.6 is 0 Å². The Morgan fingerprint density at radius 1 is 1.33 bits per heavy atom. The Labute approximate surface area is 127 Å². The molecule has 1 N–H and O–H groups in total. The van der Waals surface area contributed by atoms with Crippen molar-refractivity contribution in [3.63, 3.8) is 0 Å². The van der Waals surface area contributed by atoms with E-state index in [2.05, 4.69) is 47.8 Å². The lowest BCUT2D eigenvalue weighted by molar-refractivity contribution is 0.401.